The number of aromatic hydroxyl groups is 1. The molecule has 1 amide bonds. The van der Waals surface area contributed by atoms with Crippen molar-refractivity contribution in [2.75, 3.05) is 18.6 Å². The maximum absolute atomic E-state index is 12.6. The Labute approximate surface area is 121 Å². The molecule has 104 valence electrons. The first kappa shape index (κ1) is 13.0. The monoisotopic (exact) mass is 289 g/mol. The molecule has 0 saturated carbocycles. The molecule has 0 radical (unpaired) electrons. The van der Waals surface area contributed by atoms with E-state index in [0.717, 1.165) is 18.4 Å². The van der Waals surface area contributed by atoms with Crippen LogP contribution >= 0.6 is 11.3 Å². The van der Waals surface area contributed by atoms with Gasteiger partial charge in [-0.1, -0.05) is 12.1 Å². The third kappa shape index (κ3) is 2.14. The van der Waals surface area contributed by atoms with Gasteiger partial charge in [-0.3, -0.25) is 4.79 Å². The summed E-state index contributed by atoms with van der Waals surface area (Å²) in [5.41, 5.74) is 1.67. The highest BCUT2D eigenvalue weighted by Gasteiger charge is 2.27. The molecule has 1 aliphatic rings. The summed E-state index contributed by atoms with van der Waals surface area (Å²) in [6, 6.07) is 7.14. The molecule has 0 bridgehead atoms. The third-order valence-electron chi connectivity index (χ3n) is 3.46. The molecule has 2 aromatic rings. The highest BCUT2D eigenvalue weighted by Crippen LogP contribution is 2.37. The summed E-state index contributed by atoms with van der Waals surface area (Å²) in [5.74, 6) is 0.771. The van der Waals surface area contributed by atoms with Gasteiger partial charge < -0.3 is 14.7 Å². The summed E-state index contributed by atoms with van der Waals surface area (Å²) >= 11 is 1.36. The highest BCUT2D eigenvalue weighted by molar-refractivity contribution is 7.12. The smallest absolute Gasteiger partial charge is 0.268 e. The standard InChI is InChI=1S/C15H15NO3S/c1-19-11-8-13(20-9-11)15(18)16-7-3-5-10-4-2-6-12(17)14(10)16/h2,4,6,8-9,17H,3,5,7H2,1H3. The van der Waals surface area contributed by atoms with Gasteiger partial charge in [0.25, 0.3) is 5.91 Å². The number of carbonyl (C=O) groups is 1. The first-order valence-electron chi connectivity index (χ1n) is 6.46. The van der Waals surface area contributed by atoms with Crippen LogP contribution in [0, 0.1) is 0 Å². The number of rotatable bonds is 2. The molecule has 0 saturated heterocycles. The molecule has 1 aromatic carbocycles. The Morgan fingerprint density at radius 1 is 1.45 bits per heavy atom. The number of anilines is 1. The number of phenols is 1. The van der Waals surface area contributed by atoms with Crippen molar-refractivity contribution in [3.63, 3.8) is 0 Å². The Morgan fingerprint density at radius 3 is 3.05 bits per heavy atom. The Kier molecular flexibility index (Phi) is 3.36. The number of benzene rings is 1. The van der Waals surface area contributed by atoms with Gasteiger partial charge in [0.2, 0.25) is 0 Å². The number of ether oxygens (including phenoxy) is 1. The Bertz CT molecular complexity index is 650. The predicted octanol–water partition coefficient (Wildman–Crippen LogP) is 3.06. The van der Waals surface area contributed by atoms with Crippen LogP contribution in [0.1, 0.15) is 21.7 Å². The SMILES string of the molecule is COc1csc(C(=O)N2CCCc3cccc(O)c32)c1. The van der Waals surface area contributed by atoms with Crippen molar-refractivity contribution < 1.29 is 14.6 Å². The molecule has 1 aliphatic heterocycles. The molecule has 4 nitrogen and oxygen atoms in total. The molecule has 0 spiro atoms. The molecule has 0 aliphatic carbocycles. The fraction of sp³-hybridized carbons (Fsp3) is 0.267. The van der Waals surface area contributed by atoms with E-state index in [4.69, 9.17) is 4.74 Å². The molecular weight excluding hydrogens is 274 g/mol. The van der Waals surface area contributed by atoms with Crippen LogP contribution in [0.5, 0.6) is 11.5 Å². The number of aryl methyl sites for hydroxylation is 1. The van der Waals surface area contributed by atoms with Crippen molar-refractivity contribution in [3.8, 4) is 11.5 Å². The number of thiophene rings is 1. The minimum Gasteiger partial charge on any atom is -0.506 e. The second-order valence-electron chi connectivity index (χ2n) is 4.70. The summed E-state index contributed by atoms with van der Waals surface area (Å²) in [6.07, 6.45) is 1.80. The topological polar surface area (TPSA) is 49.8 Å². The summed E-state index contributed by atoms with van der Waals surface area (Å²) < 4.78 is 5.12. The molecule has 1 aromatic heterocycles. The fourth-order valence-electron chi connectivity index (χ4n) is 2.50. The number of hydrogen-bond acceptors (Lipinski definition) is 4. The van der Waals surface area contributed by atoms with E-state index in [2.05, 4.69) is 0 Å². The van der Waals surface area contributed by atoms with Gasteiger partial charge in [0.05, 0.1) is 17.7 Å². The number of fused-ring (bicyclic) bond motifs is 1. The molecule has 2 heterocycles. The van der Waals surface area contributed by atoms with Gasteiger partial charge in [0.15, 0.2) is 0 Å². The zero-order chi connectivity index (χ0) is 14.1. The van der Waals surface area contributed by atoms with E-state index in [1.54, 1.807) is 24.1 Å². The fourth-order valence-corrected chi connectivity index (χ4v) is 3.31. The van der Waals surface area contributed by atoms with E-state index < -0.39 is 0 Å². The van der Waals surface area contributed by atoms with E-state index in [1.165, 1.54) is 11.3 Å². The van der Waals surface area contributed by atoms with E-state index in [0.29, 0.717) is 22.9 Å². The molecule has 5 heteroatoms. The summed E-state index contributed by atoms with van der Waals surface area (Å²) in [7, 11) is 1.58. The lowest BCUT2D eigenvalue weighted by molar-refractivity contribution is 0.0988. The van der Waals surface area contributed by atoms with Crippen LogP contribution in [-0.4, -0.2) is 24.7 Å². The lowest BCUT2D eigenvalue weighted by Gasteiger charge is -2.29. The lowest BCUT2D eigenvalue weighted by Crippen LogP contribution is -2.35. The second-order valence-corrected chi connectivity index (χ2v) is 5.61. The van der Waals surface area contributed by atoms with Crippen LogP contribution < -0.4 is 9.64 Å². The predicted molar refractivity (Wildman–Crippen MR) is 79.0 cm³/mol. The van der Waals surface area contributed by atoms with Crippen molar-refractivity contribution in [1.82, 2.24) is 0 Å². The molecule has 1 N–H and O–H groups in total. The largest absolute Gasteiger partial charge is 0.506 e. The first-order valence-corrected chi connectivity index (χ1v) is 7.34. The molecule has 20 heavy (non-hydrogen) atoms. The van der Waals surface area contributed by atoms with E-state index in [-0.39, 0.29) is 11.7 Å². The lowest BCUT2D eigenvalue weighted by atomic mass is 10.0. The molecule has 0 fully saturated rings. The van der Waals surface area contributed by atoms with E-state index in [1.807, 2.05) is 17.5 Å². The maximum atomic E-state index is 12.6. The number of methoxy groups -OCH3 is 1. The highest BCUT2D eigenvalue weighted by atomic mass is 32.1. The Balaban J connectivity index is 1.98. The first-order chi connectivity index (χ1) is 9.70. The molecular formula is C15H15NO3S. The normalized spacial score (nSPS) is 13.9. The Morgan fingerprint density at radius 2 is 2.30 bits per heavy atom. The molecule has 3 rings (SSSR count). The van der Waals surface area contributed by atoms with Crippen LogP contribution in [-0.2, 0) is 6.42 Å². The third-order valence-corrected chi connectivity index (χ3v) is 4.36. The van der Waals surface area contributed by atoms with Gasteiger partial charge >= 0.3 is 0 Å². The number of carbonyl (C=O) groups excluding carboxylic acids is 1. The maximum Gasteiger partial charge on any atom is 0.268 e. The quantitative estimate of drug-likeness (QED) is 0.924. The van der Waals surface area contributed by atoms with Crippen molar-refractivity contribution in [1.29, 1.82) is 0 Å². The number of hydrogen-bond donors (Lipinski definition) is 1. The van der Waals surface area contributed by atoms with Gasteiger partial charge in [-0.15, -0.1) is 11.3 Å². The van der Waals surface area contributed by atoms with Crippen LogP contribution in [0.3, 0.4) is 0 Å². The molecule has 0 unspecified atom stereocenters. The van der Waals surface area contributed by atoms with Crippen molar-refractivity contribution in [3.05, 3.63) is 40.1 Å². The van der Waals surface area contributed by atoms with Crippen LogP contribution in [0.2, 0.25) is 0 Å². The van der Waals surface area contributed by atoms with Gasteiger partial charge in [0.1, 0.15) is 11.5 Å². The number of para-hydroxylation sites is 1. The Hall–Kier alpha value is -2.01. The van der Waals surface area contributed by atoms with Crippen molar-refractivity contribution in [2.45, 2.75) is 12.8 Å². The average Bonchev–Trinajstić information content (AvgIpc) is 2.95. The zero-order valence-corrected chi connectivity index (χ0v) is 11.9. The van der Waals surface area contributed by atoms with Crippen LogP contribution in [0.25, 0.3) is 0 Å². The van der Waals surface area contributed by atoms with Crippen molar-refractivity contribution >= 4 is 22.9 Å². The summed E-state index contributed by atoms with van der Waals surface area (Å²) in [5, 5.41) is 11.9. The molecule has 0 atom stereocenters. The zero-order valence-electron chi connectivity index (χ0n) is 11.1. The minimum atomic E-state index is -0.0826. The van der Waals surface area contributed by atoms with E-state index >= 15 is 0 Å². The number of nitrogens with zero attached hydrogens (tertiary/aromatic N) is 1. The van der Waals surface area contributed by atoms with Crippen LogP contribution in [0.15, 0.2) is 29.6 Å². The summed E-state index contributed by atoms with van der Waals surface area (Å²) in [4.78, 5) is 14.9. The average molecular weight is 289 g/mol. The number of amides is 1. The second kappa shape index (κ2) is 5.17. The van der Waals surface area contributed by atoms with Gasteiger partial charge in [-0.25, -0.2) is 0 Å². The van der Waals surface area contributed by atoms with Gasteiger partial charge in [0, 0.05) is 18.0 Å². The van der Waals surface area contributed by atoms with Gasteiger partial charge in [-0.05, 0) is 24.5 Å². The summed E-state index contributed by atoms with van der Waals surface area (Å²) in [6.45, 7) is 0.629. The minimum absolute atomic E-state index is 0.0826. The number of phenolic OH excluding ortho intramolecular Hbond substituents is 1. The van der Waals surface area contributed by atoms with E-state index in [9.17, 15) is 9.90 Å². The van der Waals surface area contributed by atoms with Crippen molar-refractivity contribution in [2.24, 2.45) is 0 Å². The van der Waals surface area contributed by atoms with Gasteiger partial charge in [-0.2, -0.15) is 0 Å². The van der Waals surface area contributed by atoms with Crippen LogP contribution in [0.4, 0.5) is 5.69 Å².